The lowest BCUT2D eigenvalue weighted by Crippen LogP contribution is -2.24. The van der Waals surface area contributed by atoms with E-state index in [4.69, 9.17) is 4.74 Å². The molecule has 0 spiro atoms. The van der Waals surface area contributed by atoms with Gasteiger partial charge in [0.25, 0.3) is 5.91 Å². The van der Waals surface area contributed by atoms with Crippen LogP contribution in [0.2, 0.25) is 0 Å². The Morgan fingerprint density at radius 2 is 1.81 bits per heavy atom. The van der Waals surface area contributed by atoms with Gasteiger partial charge < -0.3 is 9.30 Å². The highest BCUT2D eigenvalue weighted by atomic mass is 79.9. The molecule has 138 valence electrons. The normalized spacial score (nSPS) is 10.9. The number of nitrogens with zero attached hydrogens (tertiary/aromatic N) is 2. The Labute approximate surface area is 181 Å². The minimum absolute atomic E-state index is 0.134. The Balaban J connectivity index is 1.57. The van der Waals surface area contributed by atoms with Crippen LogP contribution in [0.25, 0.3) is 5.69 Å². The largest absolute Gasteiger partial charge is 0.483 e. The van der Waals surface area contributed by atoms with Crippen molar-refractivity contribution < 1.29 is 9.53 Å². The Kier molecular flexibility index (Phi) is 6.87. The van der Waals surface area contributed by atoms with E-state index < -0.39 is 0 Å². The number of halogens is 3. The van der Waals surface area contributed by atoms with Gasteiger partial charge in [0, 0.05) is 20.8 Å². The molecule has 1 amide bonds. The molecule has 2 aromatic carbocycles. The van der Waals surface area contributed by atoms with Crippen molar-refractivity contribution in [3.8, 4) is 11.4 Å². The maximum Gasteiger partial charge on any atom is 0.277 e. The number of hydrazone groups is 1. The lowest BCUT2D eigenvalue weighted by atomic mass is 10.3. The van der Waals surface area contributed by atoms with Gasteiger partial charge in [0.05, 0.1) is 16.4 Å². The number of aromatic nitrogens is 1. The van der Waals surface area contributed by atoms with E-state index in [1.807, 2.05) is 59.3 Å². The zero-order chi connectivity index (χ0) is 19.2. The molecule has 0 saturated carbocycles. The summed E-state index contributed by atoms with van der Waals surface area (Å²) in [5, 5.41) is 4.01. The summed E-state index contributed by atoms with van der Waals surface area (Å²) in [6.07, 6.45) is 3.52. The van der Waals surface area contributed by atoms with Gasteiger partial charge in [-0.3, -0.25) is 4.79 Å². The van der Waals surface area contributed by atoms with Crippen molar-refractivity contribution in [2.24, 2.45) is 5.10 Å². The molecule has 1 heterocycles. The molecule has 0 fully saturated rings. The van der Waals surface area contributed by atoms with Crippen molar-refractivity contribution in [3.05, 3.63) is 79.9 Å². The predicted octanol–water partition coefficient (Wildman–Crippen LogP) is 5.29. The van der Waals surface area contributed by atoms with Crippen molar-refractivity contribution in [1.82, 2.24) is 9.99 Å². The number of hydrogen-bond donors (Lipinski definition) is 1. The molecule has 3 aromatic rings. The summed E-state index contributed by atoms with van der Waals surface area (Å²) in [5.74, 6) is 0.240. The molecule has 0 aliphatic rings. The number of carbonyl (C=O) groups is 1. The van der Waals surface area contributed by atoms with E-state index in [2.05, 4.69) is 58.3 Å². The monoisotopic (exact) mass is 553 g/mol. The van der Waals surface area contributed by atoms with E-state index in [0.717, 1.165) is 24.8 Å². The highest BCUT2D eigenvalue weighted by Crippen LogP contribution is 2.28. The lowest BCUT2D eigenvalue weighted by Gasteiger charge is -2.08. The van der Waals surface area contributed by atoms with Gasteiger partial charge in [-0.2, -0.15) is 5.10 Å². The van der Waals surface area contributed by atoms with Gasteiger partial charge in [-0.15, -0.1) is 0 Å². The zero-order valence-electron chi connectivity index (χ0n) is 13.9. The molecule has 3 rings (SSSR count). The van der Waals surface area contributed by atoms with Crippen LogP contribution >= 0.6 is 47.8 Å². The standard InChI is InChI=1S/C19H14Br3N3O2/c20-13-3-6-15(7-4-13)25-9-1-2-16(25)11-23-24-19(26)12-27-18-8-5-14(21)10-17(18)22/h1-11H,12H2,(H,24,26)/b23-11+. The fraction of sp³-hybridized carbons (Fsp3) is 0.0526. The third-order valence-corrected chi connectivity index (χ3v) is 5.17. The quantitative estimate of drug-likeness (QED) is 0.332. The topological polar surface area (TPSA) is 55.6 Å². The van der Waals surface area contributed by atoms with Crippen molar-refractivity contribution >= 4 is 59.9 Å². The molecule has 0 atom stereocenters. The van der Waals surface area contributed by atoms with Crippen molar-refractivity contribution in [2.45, 2.75) is 0 Å². The van der Waals surface area contributed by atoms with Gasteiger partial charge in [-0.1, -0.05) is 31.9 Å². The molecule has 1 aromatic heterocycles. The molecule has 8 heteroatoms. The van der Waals surface area contributed by atoms with Crippen molar-refractivity contribution in [1.29, 1.82) is 0 Å². The summed E-state index contributed by atoms with van der Waals surface area (Å²) in [5.41, 5.74) is 4.31. The van der Waals surface area contributed by atoms with E-state index in [9.17, 15) is 4.79 Å². The molecule has 0 aliphatic heterocycles. The van der Waals surface area contributed by atoms with Crippen LogP contribution in [0.5, 0.6) is 5.75 Å². The van der Waals surface area contributed by atoms with Crippen LogP contribution in [0.4, 0.5) is 0 Å². The number of hydrogen-bond acceptors (Lipinski definition) is 3. The second kappa shape index (κ2) is 9.34. The van der Waals surface area contributed by atoms with Gasteiger partial charge >= 0.3 is 0 Å². The summed E-state index contributed by atoms with van der Waals surface area (Å²) in [6.45, 7) is -0.134. The van der Waals surface area contributed by atoms with Gasteiger partial charge in [0.1, 0.15) is 5.75 Å². The summed E-state index contributed by atoms with van der Waals surface area (Å²) in [4.78, 5) is 11.9. The Morgan fingerprint density at radius 3 is 2.56 bits per heavy atom. The SMILES string of the molecule is O=C(COc1ccc(Br)cc1Br)N/N=C/c1cccn1-c1ccc(Br)cc1. The van der Waals surface area contributed by atoms with Crippen LogP contribution in [-0.2, 0) is 4.79 Å². The molecule has 5 nitrogen and oxygen atoms in total. The molecular weight excluding hydrogens is 542 g/mol. The number of ether oxygens (including phenoxy) is 1. The highest BCUT2D eigenvalue weighted by molar-refractivity contribution is 9.11. The molecule has 0 unspecified atom stereocenters. The maximum atomic E-state index is 11.9. The fourth-order valence-corrected chi connectivity index (χ4v) is 3.70. The Hall–Kier alpha value is -1.90. The molecule has 0 radical (unpaired) electrons. The third-order valence-electron chi connectivity index (χ3n) is 3.52. The van der Waals surface area contributed by atoms with Gasteiger partial charge in [-0.25, -0.2) is 5.43 Å². The second-order valence-corrected chi connectivity index (χ2v) is 8.12. The van der Waals surface area contributed by atoms with E-state index in [-0.39, 0.29) is 12.5 Å². The van der Waals surface area contributed by atoms with Crippen molar-refractivity contribution in [2.75, 3.05) is 6.61 Å². The second-order valence-electron chi connectivity index (χ2n) is 5.44. The number of carbonyl (C=O) groups excluding carboxylic acids is 1. The highest BCUT2D eigenvalue weighted by Gasteiger charge is 2.06. The molecule has 0 bridgehead atoms. The first-order chi connectivity index (χ1) is 13.0. The van der Waals surface area contributed by atoms with Crippen LogP contribution in [-0.4, -0.2) is 23.3 Å². The summed E-state index contributed by atoms with van der Waals surface area (Å²) < 4.78 is 10.1. The van der Waals surface area contributed by atoms with E-state index in [1.165, 1.54) is 0 Å². The summed E-state index contributed by atoms with van der Waals surface area (Å²) >= 11 is 10.2. The van der Waals surface area contributed by atoms with Crippen LogP contribution in [0.3, 0.4) is 0 Å². The molecule has 27 heavy (non-hydrogen) atoms. The first-order valence-corrected chi connectivity index (χ1v) is 10.2. The molecule has 0 saturated heterocycles. The van der Waals surface area contributed by atoms with Crippen LogP contribution in [0.15, 0.2) is 79.3 Å². The number of amides is 1. The zero-order valence-corrected chi connectivity index (χ0v) is 18.7. The van der Waals surface area contributed by atoms with Gasteiger partial charge in [-0.05, 0) is 70.5 Å². The lowest BCUT2D eigenvalue weighted by molar-refractivity contribution is -0.123. The first kappa shape index (κ1) is 19.9. The summed E-state index contributed by atoms with van der Waals surface area (Å²) in [7, 11) is 0. The third kappa shape index (κ3) is 5.54. The predicted molar refractivity (Wildman–Crippen MR) is 117 cm³/mol. The molecular formula is C19H14Br3N3O2. The number of rotatable bonds is 6. The average molecular weight is 556 g/mol. The number of benzene rings is 2. The van der Waals surface area contributed by atoms with Crippen LogP contribution < -0.4 is 10.2 Å². The molecule has 1 N–H and O–H groups in total. The average Bonchev–Trinajstić information content (AvgIpc) is 3.10. The van der Waals surface area contributed by atoms with Gasteiger partial charge in [0.2, 0.25) is 0 Å². The van der Waals surface area contributed by atoms with Crippen LogP contribution in [0.1, 0.15) is 5.69 Å². The van der Waals surface area contributed by atoms with Crippen molar-refractivity contribution in [3.63, 3.8) is 0 Å². The van der Waals surface area contributed by atoms with E-state index in [0.29, 0.717) is 5.75 Å². The Bertz CT molecular complexity index is 969. The first-order valence-electron chi connectivity index (χ1n) is 7.86. The van der Waals surface area contributed by atoms with Gasteiger partial charge in [0.15, 0.2) is 6.61 Å². The molecule has 0 aliphatic carbocycles. The minimum Gasteiger partial charge on any atom is -0.483 e. The minimum atomic E-state index is -0.345. The van der Waals surface area contributed by atoms with E-state index in [1.54, 1.807) is 12.3 Å². The van der Waals surface area contributed by atoms with E-state index >= 15 is 0 Å². The fourth-order valence-electron chi connectivity index (χ4n) is 2.27. The Morgan fingerprint density at radius 1 is 1.07 bits per heavy atom. The summed E-state index contributed by atoms with van der Waals surface area (Å²) in [6, 6.07) is 17.2. The van der Waals surface area contributed by atoms with Crippen LogP contribution in [0, 0.1) is 0 Å². The smallest absolute Gasteiger partial charge is 0.277 e. The maximum absolute atomic E-state index is 11.9. The number of nitrogens with one attached hydrogen (secondary N) is 1.